The number of piperazine rings is 1. The first-order chi connectivity index (χ1) is 9.66. The summed E-state index contributed by atoms with van der Waals surface area (Å²) in [5.74, 6) is 1.99. The van der Waals surface area contributed by atoms with E-state index in [1.54, 1.807) is 6.20 Å². The second-order valence-electron chi connectivity index (χ2n) is 5.85. The summed E-state index contributed by atoms with van der Waals surface area (Å²) in [7, 11) is 0. The lowest BCUT2D eigenvalue weighted by Crippen LogP contribution is -2.50. The number of anilines is 2. The fraction of sp³-hybridized carbons (Fsp3) is 0.600. The van der Waals surface area contributed by atoms with E-state index in [1.807, 2.05) is 17.0 Å². The number of nitrogens with two attached hydrogens (primary N) is 1. The fourth-order valence-corrected chi connectivity index (χ4v) is 2.90. The molecular formula is C15H22N4O. The third kappa shape index (κ3) is 2.57. The Hall–Kier alpha value is -1.78. The highest BCUT2D eigenvalue weighted by molar-refractivity contribution is 5.79. The number of nitrogens with zero attached hydrogens (tertiary/aromatic N) is 3. The SMILES string of the molecule is CC(C(=O)N1CCN(c2ncccc2N)CC1)C1CC1. The number of amides is 1. The van der Waals surface area contributed by atoms with Crippen LogP contribution in [0.1, 0.15) is 19.8 Å². The van der Waals surface area contributed by atoms with E-state index in [1.165, 1.54) is 12.8 Å². The number of hydrogen-bond donors (Lipinski definition) is 1. The van der Waals surface area contributed by atoms with Crippen molar-refractivity contribution in [1.29, 1.82) is 0 Å². The quantitative estimate of drug-likeness (QED) is 0.904. The lowest BCUT2D eigenvalue weighted by molar-refractivity contribution is -0.135. The summed E-state index contributed by atoms with van der Waals surface area (Å²) in [4.78, 5) is 20.9. The monoisotopic (exact) mass is 274 g/mol. The van der Waals surface area contributed by atoms with E-state index in [-0.39, 0.29) is 5.92 Å². The molecule has 1 saturated carbocycles. The highest BCUT2D eigenvalue weighted by atomic mass is 16.2. The minimum absolute atomic E-state index is 0.196. The van der Waals surface area contributed by atoms with Gasteiger partial charge in [0.25, 0.3) is 0 Å². The summed E-state index contributed by atoms with van der Waals surface area (Å²) in [5, 5.41) is 0. The van der Waals surface area contributed by atoms with Crippen LogP contribution in [-0.2, 0) is 4.79 Å². The van der Waals surface area contributed by atoms with Gasteiger partial charge in [0.2, 0.25) is 5.91 Å². The Morgan fingerprint density at radius 2 is 2.05 bits per heavy atom. The van der Waals surface area contributed by atoms with Crippen LogP contribution in [0.4, 0.5) is 11.5 Å². The smallest absolute Gasteiger partial charge is 0.225 e. The van der Waals surface area contributed by atoms with Crippen LogP contribution in [0.2, 0.25) is 0 Å². The van der Waals surface area contributed by atoms with Crippen molar-refractivity contribution in [3.8, 4) is 0 Å². The first kappa shape index (κ1) is 13.2. The van der Waals surface area contributed by atoms with Crippen molar-refractivity contribution in [2.75, 3.05) is 36.8 Å². The molecule has 1 aromatic rings. The van der Waals surface area contributed by atoms with Crippen LogP contribution in [0.3, 0.4) is 0 Å². The van der Waals surface area contributed by atoms with Gasteiger partial charge >= 0.3 is 0 Å². The van der Waals surface area contributed by atoms with Gasteiger partial charge in [0.1, 0.15) is 0 Å². The zero-order valence-electron chi connectivity index (χ0n) is 12.0. The lowest BCUT2D eigenvalue weighted by Gasteiger charge is -2.37. The summed E-state index contributed by atoms with van der Waals surface area (Å²) >= 11 is 0. The Balaban J connectivity index is 1.59. The molecule has 108 valence electrons. The lowest BCUT2D eigenvalue weighted by atomic mass is 10.0. The molecule has 1 aliphatic heterocycles. The van der Waals surface area contributed by atoms with E-state index in [2.05, 4.69) is 16.8 Å². The van der Waals surface area contributed by atoms with Crippen molar-refractivity contribution in [3.63, 3.8) is 0 Å². The molecule has 5 nitrogen and oxygen atoms in total. The van der Waals surface area contributed by atoms with E-state index >= 15 is 0 Å². The largest absolute Gasteiger partial charge is 0.396 e. The highest BCUT2D eigenvalue weighted by Crippen LogP contribution is 2.37. The van der Waals surface area contributed by atoms with Crippen molar-refractivity contribution in [2.24, 2.45) is 11.8 Å². The maximum atomic E-state index is 12.4. The maximum absolute atomic E-state index is 12.4. The van der Waals surface area contributed by atoms with Crippen LogP contribution >= 0.6 is 0 Å². The molecule has 1 unspecified atom stereocenters. The zero-order chi connectivity index (χ0) is 14.1. The van der Waals surface area contributed by atoms with Gasteiger partial charge in [-0.3, -0.25) is 4.79 Å². The summed E-state index contributed by atoms with van der Waals surface area (Å²) in [5.41, 5.74) is 6.66. The Labute approximate surface area is 119 Å². The van der Waals surface area contributed by atoms with Crippen molar-refractivity contribution in [3.05, 3.63) is 18.3 Å². The third-order valence-corrected chi connectivity index (χ3v) is 4.43. The van der Waals surface area contributed by atoms with Crippen LogP contribution in [0, 0.1) is 11.8 Å². The van der Waals surface area contributed by atoms with E-state index in [4.69, 9.17) is 5.73 Å². The van der Waals surface area contributed by atoms with E-state index in [0.29, 0.717) is 17.5 Å². The minimum atomic E-state index is 0.196. The first-order valence-corrected chi connectivity index (χ1v) is 7.41. The van der Waals surface area contributed by atoms with Gasteiger partial charge in [-0.15, -0.1) is 0 Å². The molecule has 20 heavy (non-hydrogen) atoms. The van der Waals surface area contributed by atoms with Crippen molar-refractivity contribution in [1.82, 2.24) is 9.88 Å². The van der Waals surface area contributed by atoms with Crippen molar-refractivity contribution >= 4 is 17.4 Å². The molecule has 1 aromatic heterocycles. The van der Waals surface area contributed by atoms with Gasteiger partial charge in [0.05, 0.1) is 5.69 Å². The normalized spacial score (nSPS) is 20.9. The summed E-state index contributed by atoms with van der Waals surface area (Å²) in [6, 6.07) is 3.71. The zero-order valence-corrected chi connectivity index (χ0v) is 12.0. The van der Waals surface area contributed by atoms with Crippen LogP contribution in [0.5, 0.6) is 0 Å². The highest BCUT2D eigenvalue weighted by Gasteiger charge is 2.35. The topological polar surface area (TPSA) is 62.5 Å². The number of pyridine rings is 1. The molecule has 0 radical (unpaired) electrons. The second-order valence-corrected chi connectivity index (χ2v) is 5.85. The summed E-state index contributed by atoms with van der Waals surface area (Å²) < 4.78 is 0. The molecule has 1 saturated heterocycles. The van der Waals surface area contributed by atoms with Crippen LogP contribution in [-0.4, -0.2) is 42.0 Å². The van der Waals surface area contributed by atoms with Gasteiger partial charge in [-0.05, 0) is 30.9 Å². The Bertz CT molecular complexity index is 492. The average molecular weight is 274 g/mol. The average Bonchev–Trinajstić information content (AvgIpc) is 3.31. The van der Waals surface area contributed by atoms with Crippen molar-refractivity contribution in [2.45, 2.75) is 19.8 Å². The molecule has 5 heteroatoms. The van der Waals surface area contributed by atoms with Gasteiger partial charge in [-0.25, -0.2) is 4.98 Å². The maximum Gasteiger partial charge on any atom is 0.225 e. The van der Waals surface area contributed by atoms with Crippen LogP contribution < -0.4 is 10.6 Å². The fourth-order valence-electron chi connectivity index (χ4n) is 2.90. The van der Waals surface area contributed by atoms with E-state index in [0.717, 1.165) is 32.0 Å². The molecule has 1 amide bonds. The molecule has 1 aliphatic carbocycles. The molecule has 2 aliphatic rings. The number of rotatable bonds is 3. The predicted octanol–water partition coefficient (Wildman–Crippen LogP) is 1.36. The van der Waals surface area contributed by atoms with Crippen molar-refractivity contribution < 1.29 is 4.79 Å². The Morgan fingerprint density at radius 3 is 2.65 bits per heavy atom. The van der Waals surface area contributed by atoms with E-state index in [9.17, 15) is 4.79 Å². The summed E-state index contributed by atoms with van der Waals surface area (Å²) in [6.45, 7) is 5.23. The van der Waals surface area contributed by atoms with E-state index < -0.39 is 0 Å². The molecule has 3 rings (SSSR count). The first-order valence-electron chi connectivity index (χ1n) is 7.41. The van der Waals surface area contributed by atoms with Gasteiger partial charge in [-0.1, -0.05) is 6.92 Å². The number of carbonyl (C=O) groups is 1. The molecular weight excluding hydrogens is 252 g/mol. The molecule has 0 bridgehead atoms. The van der Waals surface area contributed by atoms with Gasteiger partial charge in [-0.2, -0.15) is 0 Å². The Kier molecular flexibility index (Phi) is 3.51. The van der Waals surface area contributed by atoms with Gasteiger partial charge < -0.3 is 15.5 Å². The van der Waals surface area contributed by atoms with Crippen LogP contribution in [0.15, 0.2) is 18.3 Å². The minimum Gasteiger partial charge on any atom is -0.396 e. The molecule has 2 N–H and O–H groups in total. The number of nitrogen functional groups attached to an aromatic ring is 1. The van der Waals surface area contributed by atoms with Gasteiger partial charge in [0, 0.05) is 38.3 Å². The standard InChI is InChI=1S/C15H22N4O/c1-11(12-4-5-12)15(20)19-9-7-18(8-10-19)14-13(16)3-2-6-17-14/h2-3,6,11-12H,4-5,7-10,16H2,1H3. The molecule has 0 spiro atoms. The number of hydrogen-bond acceptors (Lipinski definition) is 4. The predicted molar refractivity (Wildman–Crippen MR) is 79.3 cm³/mol. The van der Waals surface area contributed by atoms with Gasteiger partial charge in [0.15, 0.2) is 5.82 Å². The molecule has 2 fully saturated rings. The van der Waals surface area contributed by atoms with Crippen LogP contribution in [0.25, 0.3) is 0 Å². The number of aromatic nitrogens is 1. The second kappa shape index (κ2) is 5.31. The third-order valence-electron chi connectivity index (χ3n) is 4.43. The Morgan fingerprint density at radius 1 is 1.35 bits per heavy atom. The molecule has 0 aromatic carbocycles. The molecule has 2 heterocycles. The molecule has 1 atom stereocenters. The summed E-state index contributed by atoms with van der Waals surface area (Å²) in [6.07, 6.45) is 4.20. The number of carbonyl (C=O) groups excluding carboxylic acids is 1.